The molecular formula is C10H14O2. The minimum atomic E-state index is -0.0180. The highest BCUT2D eigenvalue weighted by molar-refractivity contribution is 5.75. The summed E-state index contributed by atoms with van der Waals surface area (Å²) in [6.07, 6.45) is 3.94. The Labute approximate surface area is 72.6 Å². The van der Waals surface area contributed by atoms with Crippen molar-refractivity contribution in [3.8, 4) is 0 Å². The van der Waals surface area contributed by atoms with Crippen molar-refractivity contribution in [2.24, 2.45) is 17.8 Å². The van der Waals surface area contributed by atoms with Crippen molar-refractivity contribution in [2.45, 2.75) is 26.7 Å². The van der Waals surface area contributed by atoms with Gasteiger partial charge in [0, 0.05) is 0 Å². The van der Waals surface area contributed by atoms with Gasteiger partial charge in [-0.1, -0.05) is 6.92 Å². The topological polar surface area (TPSA) is 26.3 Å². The van der Waals surface area contributed by atoms with Crippen LogP contribution >= 0.6 is 0 Å². The number of hydrogen-bond donors (Lipinski definition) is 0. The average molecular weight is 166 g/mol. The van der Waals surface area contributed by atoms with Crippen LogP contribution in [0.15, 0.2) is 11.8 Å². The number of carbonyl (C=O) groups excluding carboxylic acids is 1. The summed E-state index contributed by atoms with van der Waals surface area (Å²) in [4.78, 5) is 11.4. The molecular weight excluding hydrogens is 152 g/mol. The molecule has 0 spiro atoms. The van der Waals surface area contributed by atoms with Crippen LogP contribution in [-0.4, -0.2) is 5.97 Å². The Balaban J connectivity index is 2.29. The SMILES string of the molecule is CC1=COC(=O)[C@@H]2[C@@H]1CC[C@@H]2C. The van der Waals surface area contributed by atoms with Crippen LogP contribution in [0.3, 0.4) is 0 Å². The summed E-state index contributed by atoms with van der Waals surface area (Å²) >= 11 is 0. The fourth-order valence-corrected chi connectivity index (χ4v) is 2.42. The Morgan fingerprint density at radius 1 is 1.50 bits per heavy atom. The number of carbonyl (C=O) groups is 1. The Kier molecular flexibility index (Phi) is 1.71. The van der Waals surface area contributed by atoms with E-state index in [1.807, 2.05) is 0 Å². The highest BCUT2D eigenvalue weighted by atomic mass is 16.5. The molecule has 0 unspecified atom stereocenters. The van der Waals surface area contributed by atoms with Crippen molar-refractivity contribution in [1.82, 2.24) is 0 Å². The maximum Gasteiger partial charge on any atom is 0.314 e. The van der Waals surface area contributed by atoms with Gasteiger partial charge in [-0.25, -0.2) is 0 Å². The summed E-state index contributed by atoms with van der Waals surface area (Å²) in [5.74, 6) is 1.11. The second-order valence-electron chi connectivity index (χ2n) is 3.99. The first-order valence-corrected chi connectivity index (χ1v) is 4.57. The molecule has 1 fully saturated rings. The Hall–Kier alpha value is -0.790. The van der Waals surface area contributed by atoms with Gasteiger partial charge in [0.05, 0.1) is 12.2 Å². The summed E-state index contributed by atoms with van der Waals surface area (Å²) in [5, 5.41) is 0. The first kappa shape index (κ1) is 7.84. The van der Waals surface area contributed by atoms with E-state index in [1.165, 1.54) is 5.57 Å². The number of fused-ring (bicyclic) bond motifs is 1. The third kappa shape index (κ3) is 0.977. The summed E-state index contributed by atoms with van der Waals surface area (Å²) in [5.41, 5.74) is 1.24. The molecule has 1 aliphatic heterocycles. The molecule has 12 heavy (non-hydrogen) atoms. The summed E-state index contributed by atoms with van der Waals surface area (Å²) < 4.78 is 4.97. The van der Waals surface area contributed by atoms with E-state index in [-0.39, 0.29) is 11.9 Å². The summed E-state index contributed by atoms with van der Waals surface area (Å²) in [7, 11) is 0. The molecule has 2 aliphatic rings. The first-order valence-electron chi connectivity index (χ1n) is 4.57. The van der Waals surface area contributed by atoms with Gasteiger partial charge in [-0.05, 0) is 37.2 Å². The molecule has 1 heterocycles. The zero-order chi connectivity index (χ0) is 8.72. The number of hydrogen-bond acceptors (Lipinski definition) is 2. The number of allylic oxidation sites excluding steroid dienone is 1. The zero-order valence-electron chi connectivity index (χ0n) is 7.54. The van der Waals surface area contributed by atoms with Gasteiger partial charge in [0.25, 0.3) is 0 Å². The summed E-state index contributed by atoms with van der Waals surface area (Å²) in [6.45, 7) is 4.20. The maximum absolute atomic E-state index is 11.4. The number of ether oxygens (including phenoxy) is 1. The minimum Gasteiger partial charge on any atom is -0.434 e. The predicted octanol–water partition coefficient (Wildman–Crippen LogP) is 2.11. The van der Waals surface area contributed by atoms with Gasteiger partial charge in [0.1, 0.15) is 0 Å². The van der Waals surface area contributed by atoms with E-state index < -0.39 is 0 Å². The lowest BCUT2D eigenvalue weighted by Crippen LogP contribution is -2.28. The van der Waals surface area contributed by atoms with Crippen molar-refractivity contribution in [3.63, 3.8) is 0 Å². The van der Waals surface area contributed by atoms with Gasteiger partial charge in [-0.2, -0.15) is 0 Å². The van der Waals surface area contributed by atoms with Gasteiger partial charge in [0.15, 0.2) is 0 Å². The third-order valence-electron chi connectivity index (χ3n) is 3.20. The van der Waals surface area contributed by atoms with Crippen LogP contribution in [-0.2, 0) is 9.53 Å². The monoisotopic (exact) mass is 166 g/mol. The van der Waals surface area contributed by atoms with Crippen LogP contribution in [0.4, 0.5) is 0 Å². The minimum absolute atomic E-state index is 0.0180. The quantitative estimate of drug-likeness (QED) is 0.515. The standard InChI is InChI=1S/C10H14O2/c1-6-3-4-8-7(2)5-12-10(11)9(6)8/h5-6,8-9H,3-4H2,1-2H3/t6-,8+,9-/m0/s1. The zero-order valence-corrected chi connectivity index (χ0v) is 7.54. The molecule has 2 heteroatoms. The molecule has 0 aromatic heterocycles. The molecule has 0 aromatic carbocycles. The second-order valence-corrected chi connectivity index (χ2v) is 3.99. The first-order chi connectivity index (χ1) is 5.70. The molecule has 66 valence electrons. The molecule has 1 saturated carbocycles. The Morgan fingerprint density at radius 3 is 2.92 bits per heavy atom. The molecule has 0 bridgehead atoms. The molecule has 2 rings (SSSR count). The van der Waals surface area contributed by atoms with Crippen molar-refractivity contribution < 1.29 is 9.53 Å². The highest BCUT2D eigenvalue weighted by Gasteiger charge is 2.42. The average Bonchev–Trinajstić information content (AvgIpc) is 2.42. The Bertz CT molecular complexity index is 242. The van der Waals surface area contributed by atoms with Crippen molar-refractivity contribution >= 4 is 5.97 Å². The van der Waals surface area contributed by atoms with Crippen LogP contribution < -0.4 is 0 Å². The maximum atomic E-state index is 11.4. The van der Waals surface area contributed by atoms with Crippen LogP contribution in [0.1, 0.15) is 26.7 Å². The van der Waals surface area contributed by atoms with Crippen molar-refractivity contribution in [1.29, 1.82) is 0 Å². The number of cyclic esters (lactones) is 1. The fourth-order valence-electron chi connectivity index (χ4n) is 2.42. The van der Waals surface area contributed by atoms with E-state index in [2.05, 4.69) is 13.8 Å². The van der Waals surface area contributed by atoms with Gasteiger partial charge in [0.2, 0.25) is 0 Å². The largest absolute Gasteiger partial charge is 0.434 e. The van der Waals surface area contributed by atoms with Crippen LogP contribution in [0.25, 0.3) is 0 Å². The van der Waals surface area contributed by atoms with E-state index in [9.17, 15) is 4.79 Å². The van der Waals surface area contributed by atoms with Gasteiger partial charge < -0.3 is 4.74 Å². The van der Waals surface area contributed by atoms with E-state index >= 15 is 0 Å². The van der Waals surface area contributed by atoms with Crippen LogP contribution in [0.2, 0.25) is 0 Å². The molecule has 3 atom stereocenters. The normalized spacial score (nSPS) is 40.3. The van der Waals surface area contributed by atoms with E-state index in [4.69, 9.17) is 4.74 Å². The van der Waals surface area contributed by atoms with Crippen LogP contribution in [0, 0.1) is 17.8 Å². The van der Waals surface area contributed by atoms with E-state index in [0.717, 1.165) is 12.8 Å². The van der Waals surface area contributed by atoms with Gasteiger partial charge in [-0.15, -0.1) is 0 Å². The lowest BCUT2D eigenvalue weighted by molar-refractivity contribution is -0.146. The fraction of sp³-hybridized carbons (Fsp3) is 0.700. The van der Waals surface area contributed by atoms with Crippen molar-refractivity contribution in [2.75, 3.05) is 0 Å². The molecule has 2 nitrogen and oxygen atoms in total. The number of esters is 1. The van der Waals surface area contributed by atoms with Gasteiger partial charge >= 0.3 is 5.97 Å². The number of rotatable bonds is 0. The highest BCUT2D eigenvalue weighted by Crippen LogP contribution is 2.43. The predicted molar refractivity (Wildman–Crippen MR) is 45.2 cm³/mol. The van der Waals surface area contributed by atoms with Crippen LogP contribution in [0.5, 0.6) is 0 Å². The van der Waals surface area contributed by atoms with Crippen molar-refractivity contribution in [3.05, 3.63) is 11.8 Å². The molecule has 0 saturated heterocycles. The molecule has 0 amide bonds. The third-order valence-corrected chi connectivity index (χ3v) is 3.20. The van der Waals surface area contributed by atoms with E-state index in [0.29, 0.717) is 11.8 Å². The molecule has 0 N–H and O–H groups in total. The molecule has 0 aromatic rings. The van der Waals surface area contributed by atoms with E-state index in [1.54, 1.807) is 6.26 Å². The lowest BCUT2D eigenvalue weighted by atomic mass is 9.85. The lowest BCUT2D eigenvalue weighted by Gasteiger charge is -2.25. The van der Waals surface area contributed by atoms with Gasteiger partial charge in [-0.3, -0.25) is 4.79 Å². The summed E-state index contributed by atoms with van der Waals surface area (Å²) in [6, 6.07) is 0. The molecule has 1 aliphatic carbocycles. The molecule has 0 radical (unpaired) electrons. The Morgan fingerprint density at radius 2 is 2.25 bits per heavy atom. The smallest absolute Gasteiger partial charge is 0.314 e. The second kappa shape index (κ2) is 2.61.